The zero-order valence-corrected chi connectivity index (χ0v) is 16.5. The van der Waals surface area contributed by atoms with Crippen molar-refractivity contribution in [2.75, 3.05) is 5.32 Å². The first kappa shape index (κ1) is 18.1. The summed E-state index contributed by atoms with van der Waals surface area (Å²) in [6, 6.07) is 3.71. The van der Waals surface area contributed by atoms with Crippen molar-refractivity contribution in [3.63, 3.8) is 0 Å². The molecule has 0 bridgehead atoms. The second-order valence-corrected chi connectivity index (χ2v) is 8.56. The Hall–Kier alpha value is -2.32. The monoisotopic (exact) mass is 401 g/mol. The summed E-state index contributed by atoms with van der Waals surface area (Å²) in [5.41, 5.74) is 1.80. The standard InChI is InChI=1S/C19H19N3O3S2/c1-11-20-16(25-22-11)9-8-15(23)21-19-17(18(24)14-7-4-10-26-14)12-5-2-3-6-13(12)27-19/h4,7,10H,2-3,5-6,8-9H2,1H3,(H,21,23). The molecule has 0 saturated carbocycles. The van der Waals surface area contributed by atoms with Crippen molar-refractivity contribution in [2.24, 2.45) is 0 Å². The first-order chi connectivity index (χ1) is 13.1. The van der Waals surface area contributed by atoms with Crippen molar-refractivity contribution in [1.82, 2.24) is 10.1 Å². The number of carbonyl (C=O) groups excluding carboxylic acids is 2. The first-order valence-corrected chi connectivity index (χ1v) is 10.6. The Bertz CT molecular complexity index is 973. The summed E-state index contributed by atoms with van der Waals surface area (Å²) in [5.74, 6) is 0.861. The van der Waals surface area contributed by atoms with Crippen molar-refractivity contribution in [3.8, 4) is 0 Å². The van der Waals surface area contributed by atoms with E-state index >= 15 is 0 Å². The molecule has 6 nitrogen and oxygen atoms in total. The van der Waals surface area contributed by atoms with Crippen LogP contribution < -0.4 is 5.32 Å². The molecular formula is C19H19N3O3S2. The van der Waals surface area contributed by atoms with E-state index in [4.69, 9.17) is 4.52 Å². The number of anilines is 1. The van der Waals surface area contributed by atoms with Crippen LogP contribution in [0.3, 0.4) is 0 Å². The van der Waals surface area contributed by atoms with Gasteiger partial charge in [0.1, 0.15) is 5.00 Å². The highest BCUT2D eigenvalue weighted by atomic mass is 32.1. The number of amides is 1. The van der Waals surface area contributed by atoms with Gasteiger partial charge in [0.25, 0.3) is 0 Å². The normalized spacial score (nSPS) is 13.4. The van der Waals surface area contributed by atoms with Crippen molar-refractivity contribution in [3.05, 3.63) is 50.1 Å². The Kier molecular flexibility index (Phi) is 5.18. The maximum Gasteiger partial charge on any atom is 0.227 e. The quantitative estimate of drug-likeness (QED) is 0.626. The molecule has 1 amide bonds. The SMILES string of the molecule is Cc1noc(CCC(=O)Nc2sc3c(c2C(=O)c2cccs2)CCCC3)n1. The summed E-state index contributed by atoms with van der Waals surface area (Å²) in [6.45, 7) is 1.74. The summed E-state index contributed by atoms with van der Waals surface area (Å²) in [6.07, 6.45) is 4.70. The number of thiophene rings is 2. The minimum absolute atomic E-state index is 0.00669. The molecule has 140 valence electrons. The van der Waals surface area contributed by atoms with E-state index in [1.54, 1.807) is 18.3 Å². The number of nitrogens with one attached hydrogen (secondary N) is 1. The number of aromatic nitrogens is 2. The highest BCUT2D eigenvalue weighted by Crippen LogP contribution is 2.39. The third-order valence-electron chi connectivity index (χ3n) is 4.53. The predicted molar refractivity (Wildman–Crippen MR) is 105 cm³/mol. The zero-order valence-electron chi connectivity index (χ0n) is 14.9. The van der Waals surface area contributed by atoms with Gasteiger partial charge in [-0.15, -0.1) is 22.7 Å². The molecule has 1 N–H and O–H groups in total. The fourth-order valence-electron chi connectivity index (χ4n) is 3.28. The maximum absolute atomic E-state index is 13.1. The van der Waals surface area contributed by atoms with Gasteiger partial charge in [-0.3, -0.25) is 9.59 Å². The second-order valence-electron chi connectivity index (χ2n) is 6.50. The van der Waals surface area contributed by atoms with Gasteiger partial charge in [0.05, 0.1) is 10.4 Å². The van der Waals surface area contributed by atoms with Crippen molar-refractivity contribution < 1.29 is 14.1 Å². The van der Waals surface area contributed by atoms with E-state index in [0.717, 1.165) is 31.2 Å². The third-order valence-corrected chi connectivity index (χ3v) is 6.61. The van der Waals surface area contributed by atoms with Gasteiger partial charge in [0, 0.05) is 17.7 Å². The average Bonchev–Trinajstić information content (AvgIpc) is 3.39. The molecule has 8 heteroatoms. The van der Waals surface area contributed by atoms with E-state index < -0.39 is 0 Å². The Morgan fingerprint density at radius 3 is 2.89 bits per heavy atom. The molecule has 0 aromatic carbocycles. The van der Waals surface area contributed by atoms with Gasteiger partial charge in [-0.1, -0.05) is 11.2 Å². The van der Waals surface area contributed by atoms with Gasteiger partial charge < -0.3 is 9.84 Å². The van der Waals surface area contributed by atoms with Crippen LogP contribution >= 0.6 is 22.7 Å². The highest BCUT2D eigenvalue weighted by molar-refractivity contribution is 7.17. The Morgan fingerprint density at radius 2 is 2.15 bits per heavy atom. The molecule has 3 heterocycles. The Morgan fingerprint density at radius 1 is 1.30 bits per heavy atom. The predicted octanol–water partition coefficient (Wildman–Crippen LogP) is 4.18. The van der Waals surface area contributed by atoms with Gasteiger partial charge in [0.15, 0.2) is 5.82 Å². The van der Waals surface area contributed by atoms with Crippen molar-refractivity contribution >= 4 is 39.4 Å². The van der Waals surface area contributed by atoms with Crippen LogP contribution in [0.2, 0.25) is 0 Å². The number of aryl methyl sites for hydroxylation is 3. The lowest BCUT2D eigenvalue weighted by Gasteiger charge is -2.12. The van der Waals surface area contributed by atoms with Crippen LogP contribution in [-0.4, -0.2) is 21.8 Å². The molecule has 4 rings (SSSR count). The lowest BCUT2D eigenvalue weighted by molar-refractivity contribution is -0.116. The molecule has 0 fully saturated rings. The second kappa shape index (κ2) is 7.74. The van der Waals surface area contributed by atoms with Crippen LogP contribution in [0.4, 0.5) is 5.00 Å². The molecule has 0 unspecified atom stereocenters. The number of hydrogen-bond donors (Lipinski definition) is 1. The minimum Gasteiger partial charge on any atom is -0.339 e. The lowest BCUT2D eigenvalue weighted by Crippen LogP contribution is -2.15. The Labute approximate surface area is 164 Å². The smallest absolute Gasteiger partial charge is 0.227 e. The van der Waals surface area contributed by atoms with E-state index in [1.807, 2.05) is 17.5 Å². The van der Waals surface area contributed by atoms with Crippen molar-refractivity contribution in [2.45, 2.75) is 45.4 Å². The number of fused-ring (bicyclic) bond motifs is 1. The van der Waals surface area contributed by atoms with E-state index in [9.17, 15) is 9.59 Å². The summed E-state index contributed by atoms with van der Waals surface area (Å²) < 4.78 is 5.05. The van der Waals surface area contributed by atoms with Gasteiger partial charge in [-0.2, -0.15) is 4.98 Å². The molecule has 0 aliphatic heterocycles. The Balaban J connectivity index is 1.55. The molecule has 0 saturated heterocycles. The summed E-state index contributed by atoms with van der Waals surface area (Å²) in [5, 5.41) is 9.26. The number of nitrogens with zero attached hydrogens (tertiary/aromatic N) is 2. The number of ketones is 1. The van der Waals surface area contributed by atoms with E-state index in [0.29, 0.717) is 33.6 Å². The molecule has 1 aliphatic rings. The molecule has 3 aromatic rings. The van der Waals surface area contributed by atoms with Crippen LogP contribution in [0.15, 0.2) is 22.0 Å². The van der Waals surface area contributed by atoms with E-state index in [1.165, 1.54) is 16.2 Å². The lowest BCUT2D eigenvalue weighted by atomic mass is 9.93. The summed E-state index contributed by atoms with van der Waals surface area (Å²) >= 11 is 2.97. The number of carbonyl (C=O) groups is 2. The van der Waals surface area contributed by atoms with Crippen LogP contribution in [0.25, 0.3) is 0 Å². The summed E-state index contributed by atoms with van der Waals surface area (Å²) in [4.78, 5) is 31.6. The van der Waals surface area contributed by atoms with Gasteiger partial charge in [-0.25, -0.2) is 0 Å². The topological polar surface area (TPSA) is 85.1 Å². The molecule has 1 aliphatic carbocycles. The molecule has 3 aromatic heterocycles. The molecule has 0 radical (unpaired) electrons. The van der Waals surface area contributed by atoms with Crippen LogP contribution in [0.1, 0.15) is 56.7 Å². The molecule has 0 spiro atoms. The zero-order chi connectivity index (χ0) is 18.8. The molecule has 27 heavy (non-hydrogen) atoms. The molecular weight excluding hydrogens is 382 g/mol. The van der Waals surface area contributed by atoms with Gasteiger partial charge >= 0.3 is 0 Å². The fourth-order valence-corrected chi connectivity index (χ4v) is 5.25. The van der Waals surface area contributed by atoms with Crippen molar-refractivity contribution in [1.29, 1.82) is 0 Å². The maximum atomic E-state index is 13.1. The largest absolute Gasteiger partial charge is 0.339 e. The minimum atomic E-state index is -0.148. The fraction of sp³-hybridized carbons (Fsp3) is 0.368. The van der Waals surface area contributed by atoms with Crippen LogP contribution in [0, 0.1) is 6.92 Å². The number of hydrogen-bond acceptors (Lipinski definition) is 7. The van der Waals surface area contributed by atoms with Gasteiger partial charge in [0.2, 0.25) is 17.6 Å². The van der Waals surface area contributed by atoms with E-state index in [2.05, 4.69) is 15.5 Å². The highest BCUT2D eigenvalue weighted by Gasteiger charge is 2.27. The average molecular weight is 402 g/mol. The molecule has 0 atom stereocenters. The summed E-state index contributed by atoms with van der Waals surface area (Å²) in [7, 11) is 0. The van der Waals surface area contributed by atoms with E-state index in [-0.39, 0.29) is 18.1 Å². The van der Waals surface area contributed by atoms with Crippen LogP contribution in [0.5, 0.6) is 0 Å². The first-order valence-electron chi connectivity index (χ1n) is 8.93. The number of rotatable bonds is 6. The van der Waals surface area contributed by atoms with Gasteiger partial charge in [-0.05, 0) is 49.6 Å². The third kappa shape index (κ3) is 3.86. The van der Waals surface area contributed by atoms with Crippen LogP contribution in [-0.2, 0) is 24.1 Å².